The molecule has 0 saturated heterocycles. The summed E-state index contributed by atoms with van der Waals surface area (Å²) < 4.78 is 6.84. The molecule has 0 fully saturated rings. The molecule has 0 aliphatic rings. The van der Waals surface area contributed by atoms with Crippen LogP contribution in [0.15, 0.2) is 324 Å². The van der Waals surface area contributed by atoms with E-state index in [4.69, 9.17) is 0 Å². The summed E-state index contributed by atoms with van der Waals surface area (Å²) in [6, 6.07) is 111. The highest BCUT2D eigenvalue weighted by atomic mass is 79.9. The van der Waals surface area contributed by atoms with Gasteiger partial charge in [0.25, 0.3) is 0 Å². The number of nitrogens with zero attached hydrogens (tertiary/aromatic N) is 4. The third-order valence-electron chi connectivity index (χ3n) is 14.1. The topological polar surface area (TPSA) is 16.3 Å². The van der Waals surface area contributed by atoms with Gasteiger partial charge in [-0.2, -0.15) is 0 Å². The largest absolute Gasteiger partial charge is 0.310 e. The highest BCUT2D eigenvalue weighted by Gasteiger charge is 2.21. The van der Waals surface area contributed by atoms with Gasteiger partial charge in [-0.3, -0.25) is 0 Å². The Hall–Kier alpha value is -9.20. The van der Waals surface area contributed by atoms with Gasteiger partial charge < -0.3 is 18.9 Å². The summed E-state index contributed by atoms with van der Waals surface area (Å²) in [6.07, 6.45) is 1.03. The Morgan fingerprint density at radius 1 is 0.241 bits per heavy atom. The number of aromatic nitrogens is 2. The van der Waals surface area contributed by atoms with E-state index < -0.39 is 0 Å². The normalized spacial score (nSPS) is 11.0. The Balaban J connectivity index is 0.000000149. The molecule has 0 radical (unpaired) electrons. The molecule has 380 valence electrons. The SMILES string of the molecule is Brc1cc(Br)cc(-n2c3ccccc3c3ccccc32)c1.c1ccc(Cc2ccccc2)cc1.c1ccc(N(c2ccccc2)c2cc(N(c3ccccc3)c3ccccc3)cc(-n3c4ccccc4c4ccccc43)c2)cc1. The third kappa shape index (κ3) is 11.0. The highest BCUT2D eigenvalue weighted by molar-refractivity contribution is 9.11. The quantitative estimate of drug-likeness (QED) is 0.136. The van der Waals surface area contributed by atoms with Gasteiger partial charge in [0.05, 0.1) is 39.1 Å². The number of para-hydroxylation sites is 8. The summed E-state index contributed by atoms with van der Waals surface area (Å²) in [6.45, 7) is 0. The number of hydrogen-bond donors (Lipinski definition) is 0. The van der Waals surface area contributed by atoms with E-state index in [0.29, 0.717) is 0 Å². The molecule has 0 atom stereocenters. The number of anilines is 6. The van der Waals surface area contributed by atoms with Crippen molar-refractivity contribution in [2.75, 3.05) is 9.80 Å². The lowest BCUT2D eigenvalue weighted by Gasteiger charge is -2.30. The van der Waals surface area contributed by atoms with Crippen LogP contribution in [0.25, 0.3) is 55.0 Å². The van der Waals surface area contributed by atoms with Crippen LogP contribution in [0.2, 0.25) is 0 Å². The van der Waals surface area contributed by atoms with Crippen molar-refractivity contribution in [3.63, 3.8) is 0 Å². The van der Waals surface area contributed by atoms with Crippen LogP contribution < -0.4 is 9.80 Å². The molecule has 0 unspecified atom stereocenters. The van der Waals surface area contributed by atoms with Crippen molar-refractivity contribution in [3.05, 3.63) is 336 Å². The van der Waals surface area contributed by atoms with Crippen LogP contribution in [0.1, 0.15) is 11.1 Å². The maximum Gasteiger partial charge on any atom is 0.0541 e. The summed E-state index contributed by atoms with van der Waals surface area (Å²) in [5.74, 6) is 0. The van der Waals surface area contributed by atoms with Gasteiger partial charge in [0, 0.05) is 58.9 Å². The van der Waals surface area contributed by atoms with Gasteiger partial charge in [0.15, 0.2) is 0 Å². The zero-order valence-corrected chi connectivity index (χ0v) is 46.4. The van der Waals surface area contributed by atoms with E-state index in [2.05, 4.69) is 366 Å². The zero-order valence-electron chi connectivity index (χ0n) is 43.3. The summed E-state index contributed by atoms with van der Waals surface area (Å²) in [5, 5.41) is 5.05. The molecule has 14 aromatic rings. The second-order valence-corrected chi connectivity index (χ2v) is 21.1. The second-order valence-electron chi connectivity index (χ2n) is 19.2. The van der Waals surface area contributed by atoms with Crippen LogP contribution in [-0.4, -0.2) is 9.13 Å². The number of fused-ring (bicyclic) bond motifs is 6. The van der Waals surface area contributed by atoms with Gasteiger partial charge in [0.2, 0.25) is 0 Å². The van der Waals surface area contributed by atoms with E-state index in [9.17, 15) is 0 Å². The summed E-state index contributed by atoms with van der Waals surface area (Å²) in [4.78, 5) is 4.68. The number of benzene rings is 12. The van der Waals surface area contributed by atoms with Gasteiger partial charge in [-0.25, -0.2) is 0 Å². The fourth-order valence-electron chi connectivity index (χ4n) is 10.7. The molecular formula is C73H54Br2N4. The Morgan fingerprint density at radius 2 is 0.494 bits per heavy atom. The van der Waals surface area contributed by atoms with Crippen molar-refractivity contribution in [1.82, 2.24) is 9.13 Å². The lowest BCUT2D eigenvalue weighted by Crippen LogP contribution is -2.14. The maximum atomic E-state index is 3.58. The molecule has 12 aromatic carbocycles. The van der Waals surface area contributed by atoms with Crippen molar-refractivity contribution < 1.29 is 0 Å². The third-order valence-corrected chi connectivity index (χ3v) is 15.0. The van der Waals surface area contributed by atoms with E-state index in [1.807, 2.05) is 0 Å². The summed E-state index contributed by atoms with van der Waals surface area (Å²) in [7, 11) is 0. The molecule has 4 nitrogen and oxygen atoms in total. The lowest BCUT2D eigenvalue weighted by atomic mass is 10.1. The fourth-order valence-corrected chi connectivity index (χ4v) is 11.9. The van der Waals surface area contributed by atoms with E-state index in [1.54, 1.807) is 0 Å². The van der Waals surface area contributed by atoms with E-state index in [-0.39, 0.29) is 0 Å². The average Bonchev–Trinajstić information content (AvgIpc) is 4.28. The first-order chi connectivity index (χ1) is 39.0. The summed E-state index contributed by atoms with van der Waals surface area (Å²) in [5.41, 5.74) is 16.3. The van der Waals surface area contributed by atoms with Crippen LogP contribution >= 0.6 is 31.9 Å². The standard InChI is InChI=1S/C42H31N3.C18H11Br2N.C13H12/c1-5-17-32(18-6-1)43(33-19-7-2-8-20-33)36-29-37(44(34-21-9-3-10-22-34)35-23-11-4-12-24-35)31-38(30-36)45-41-27-15-13-25-39(41)40-26-14-16-28-42(40)45;19-12-9-13(20)11-14(10-12)21-17-7-3-1-5-15(17)16-6-2-4-8-18(16)21;1-3-7-12(8-4-1)11-13-9-5-2-6-10-13/h1-31H;1-11H;1-10H,11H2. The average molecular weight is 1150 g/mol. The van der Waals surface area contributed by atoms with E-state index >= 15 is 0 Å². The van der Waals surface area contributed by atoms with Crippen molar-refractivity contribution >= 4 is 110 Å². The number of rotatable bonds is 10. The van der Waals surface area contributed by atoms with E-state index in [1.165, 1.54) is 54.7 Å². The first-order valence-corrected chi connectivity index (χ1v) is 28.1. The Kier molecular flexibility index (Phi) is 15.1. The van der Waals surface area contributed by atoms with Gasteiger partial charge >= 0.3 is 0 Å². The van der Waals surface area contributed by atoms with Crippen molar-refractivity contribution in [1.29, 1.82) is 0 Å². The van der Waals surface area contributed by atoms with Crippen LogP contribution in [0.5, 0.6) is 0 Å². The van der Waals surface area contributed by atoms with Crippen molar-refractivity contribution in [2.45, 2.75) is 6.42 Å². The Morgan fingerprint density at radius 3 is 0.797 bits per heavy atom. The molecule has 0 spiro atoms. The maximum absolute atomic E-state index is 3.58. The van der Waals surface area contributed by atoms with Crippen LogP contribution in [0.3, 0.4) is 0 Å². The molecule has 0 amide bonds. The van der Waals surface area contributed by atoms with Gasteiger partial charge in [-0.1, -0.05) is 238 Å². The minimum absolute atomic E-state index is 1.03. The van der Waals surface area contributed by atoms with Gasteiger partial charge in [-0.15, -0.1) is 0 Å². The van der Waals surface area contributed by atoms with Crippen LogP contribution in [0, 0.1) is 0 Å². The molecule has 0 aliphatic heterocycles. The van der Waals surface area contributed by atoms with Crippen LogP contribution in [-0.2, 0) is 6.42 Å². The highest BCUT2D eigenvalue weighted by Crippen LogP contribution is 2.44. The summed E-state index contributed by atoms with van der Waals surface area (Å²) >= 11 is 7.17. The molecule has 0 saturated carbocycles. The minimum atomic E-state index is 1.03. The molecule has 79 heavy (non-hydrogen) atoms. The lowest BCUT2D eigenvalue weighted by molar-refractivity contribution is 1.16. The molecule has 0 N–H and O–H groups in total. The van der Waals surface area contributed by atoms with Crippen molar-refractivity contribution in [2.24, 2.45) is 0 Å². The predicted molar refractivity (Wildman–Crippen MR) is 342 cm³/mol. The smallest absolute Gasteiger partial charge is 0.0541 e. The first kappa shape index (κ1) is 50.6. The minimum Gasteiger partial charge on any atom is -0.310 e. The van der Waals surface area contributed by atoms with Crippen LogP contribution in [0.4, 0.5) is 34.1 Å². The van der Waals surface area contributed by atoms with E-state index in [0.717, 1.165) is 60.9 Å². The fraction of sp³-hybridized carbons (Fsp3) is 0.0137. The van der Waals surface area contributed by atoms with Crippen molar-refractivity contribution in [3.8, 4) is 11.4 Å². The molecular weight excluding hydrogens is 1090 g/mol. The second kappa shape index (κ2) is 23.6. The molecule has 14 rings (SSSR count). The predicted octanol–water partition coefficient (Wildman–Crippen LogP) is 21.3. The Labute approximate surface area is 478 Å². The molecule has 0 bridgehead atoms. The Bertz CT molecular complexity index is 3950. The first-order valence-electron chi connectivity index (χ1n) is 26.5. The number of hydrogen-bond acceptors (Lipinski definition) is 2. The zero-order chi connectivity index (χ0) is 53.3. The van der Waals surface area contributed by atoms with Gasteiger partial charge in [-0.05, 0) is 127 Å². The van der Waals surface area contributed by atoms with Gasteiger partial charge in [0.1, 0.15) is 0 Å². The monoisotopic (exact) mass is 1140 g/mol. The molecule has 6 heteroatoms. The molecule has 2 heterocycles. The molecule has 2 aromatic heterocycles. The number of halogens is 2. The molecule has 0 aliphatic carbocycles.